The van der Waals surface area contributed by atoms with Crippen molar-refractivity contribution in [2.45, 2.75) is 44.4 Å². The number of methoxy groups -OCH3 is 1. The van der Waals surface area contributed by atoms with Gasteiger partial charge in [-0.3, -0.25) is 4.79 Å². The van der Waals surface area contributed by atoms with E-state index in [0.29, 0.717) is 32.9 Å². The Kier molecular flexibility index (Phi) is 8.44. The molecular formula is C25H27ClN4O4S. The Morgan fingerprint density at radius 1 is 1.06 bits per heavy atom. The molecule has 1 aliphatic carbocycles. The summed E-state index contributed by atoms with van der Waals surface area (Å²) in [7, 11) is 1.58. The lowest BCUT2D eigenvalue weighted by atomic mass is 9.90. The summed E-state index contributed by atoms with van der Waals surface area (Å²) in [6.07, 6.45) is 3.54. The number of urea groups is 1. The van der Waals surface area contributed by atoms with Crippen LogP contribution in [0.5, 0.6) is 11.5 Å². The van der Waals surface area contributed by atoms with E-state index in [1.807, 2.05) is 6.07 Å². The van der Waals surface area contributed by atoms with Gasteiger partial charge in [-0.25, -0.2) is 9.78 Å². The molecular weight excluding hydrogens is 488 g/mol. The van der Waals surface area contributed by atoms with Crippen LogP contribution in [-0.2, 0) is 6.61 Å². The predicted octanol–water partition coefficient (Wildman–Crippen LogP) is 5.25. The maximum absolute atomic E-state index is 12.9. The number of nitrogens with one attached hydrogen (secondary N) is 3. The van der Waals surface area contributed by atoms with E-state index < -0.39 is 0 Å². The summed E-state index contributed by atoms with van der Waals surface area (Å²) < 4.78 is 10.9. The first-order valence-electron chi connectivity index (χ1n) is 11.4. The summed E-state index contributed by atoms with van der Waals surface area (Å²) in [5.74, 6) is 1.08. The second kappa shape index (κ2) is 11.9. The van der Waals surface area contributed by atoms with Crippen molar-refractivity contribution in [3.8, 4) is 11.5 Å². The summed E-state index contributed by atoms with van der Waals surface area (Å²) in [5, 5.41) is 11.9. The highest BCUT2D eigenvalue weighted by Crippen LogP contribution is 2.22. The van der Waals surface area contributed by atoms with Gasteiger partial charge in [0.2, 0.25) is 0 Å². The van der Waals surface area contributed by atoms with E-state index in [1.54, 1.807) is 55.0 Å². The number of aromatic nitrogens is 1. The van der Waals surface area contributed by atoms with Gasteiger partial charge in [0.15, 0.2) is 0 Å². The number of halogens is 1. The van der Waals surface area contributed by atoms with Gasteiger partial charge in [-0.05, 0) is 49.2 Å². The average molecular weight is 515 g/mol. The Morgan fingerprint density at radius 3 is 2.54 bits per heavy atom. The normalized spacial score (nSPS) is 17.3. The van der Waals surface area contributed by atoms with Crippen LogP contribution in [0.1, 0.15) is 41.2 Å². The van der Waals surface area contributed by atoms with Crippen molar-refractivity contribution in [3.63, 3.8) is 0 Å². The number of hydrogen-bond acceptors (Lipinski definition) is 6. The van der Waals surface area contributed by atoms with Crippen molar-refractivity contribution < 1.29 is 19.1 Å². The lowest BCUT2D eigenvalue weighted by molar-refractivity contribution is 0.0911. The molecule has 10 heteroatoms. The zero-order valence-corrected chi connectivity index (χ0v) is 20.8. The molecule has 2 aromatic carbocycles. The molecule has 3 amide bonds. The summed E-state index contributed by atoms with van der Waals surface area (Å²) >= 11 is 7.26. The van der Waals surface area contributed by atoms with Crippen LogP contribution in [0, 0.1) is 0 Å². The van der Waals surface area contributed by atoms with Gasteiger partial charge in [0.05, 0.1) is 13.2 Å². The first-order chi connectivity index (χ1) is 17.0. The molecule has 1 aliphatic rings. The van der Waals surface area contributed by atoms with Crippen molar-refractivity contribution in [1.82, 2.24) is 15.6 Å². The van der Waals surface area contributed by atoms with E-state index in [9.17, 15) is 9.59 Å². The molecule has 0 unspecified atom stereocenters. The molecule has 1 aromatic heterocycles. The minimum Gasteiger partial charge on any atom is -0.497 e. The lowest BCUT2D eigenvalue weighted by Gasteiger charge is -2.32. The molecule has 3 aromatic rings. The predicted molar refractivity (Wildman–Crippen MR) is 137 cm³/mol. The Labute approximate surface area is 213 Å². The van der Waals surface area contributed by atoms with Gasteiger partial charge in [-0.1, -0.05) is 30.5 Å². The number of carbonyl (C=O) groups is 2. The molecule has 0 bridgehead atoms. The van der Waals surface area contributed by atoms with Gasteiger partial charge >= 0.3 is 6.03 Å². The van der Waals surface area contributed by atoms with Crippen LogP contribution in [0.15, 0.2) is 53.9 Å². The number of rotatable bonds is 8. The van der Waals surface area contributed by atoms with Crippen LogP contribution in [0.4, 0.5) is 10.5 Å². The highest BCUT2D eigenvalue weighted by atomic mass is 35.5. The number of nitrogens with zero attached hydrogens (tertiary/aromatic N) is 1. The van der Waals surface area contributed by atoms with Crippen LogP contribution < -0.4 is 25.4 Å². The average Bonchev–Trinajstić information content (AvgIpc) is 3.34. The van der Waals surface area contributed by atoms with Crippen LogP contribution in [0.3, 0.4) is 0 Å². The first-order valence-corrected chi connectivity index (χ1v) is 12.6. The minimum atomic E-state index is -0.320. The van der Waals surface area contributed by atoms with Crippen LogP contribution in [0.25, 0.3) is 0 Å². The molecule has 0 saturated heterocycles. The van der Waals surface area contributed by atoms with Gasteiger partial charge in [-0.15, -0.1) is 11.3 Å². The number of hydrogen-bond donors (Lipinski definition) is 3. The smallest absolute Gasteiger partial charge is 0.319 e. The lowest BCUT2D eigenvalue weighted by Crippen LogP contribution is -2.54. The number of carbonyl (C=O) groups excluding carboxylic acids is 2. The first kappa shape index (κ1) is 24.8. The van der Waals surface area contributed by atoms with Crippen molar-refractivity contribution >= 4 is 40.6 Å². The second-order valence-electron chi connectivity index (χ2n) is 8.17. The summed E-state index contributed by atoms with van der Waals surface area (Å²) in [5.41, 5.74) is 0.976. The molecule has 184 valence electrons. The highest BCUT2D eigenvalue weighted by molar-refractivity contribution is 7.09. The molecule has 0 spiro atoms. The maximum atomic E-state index is 12.9. The second-order valence-corrected chi connectivity index (χ2v) is 9.55. The van der Waals surface area contributed by atoms with E-state index in [1.165, 1.54) is 11.3 Å². The van der Waals surface area contributed by atoms with Crippen LogP contribution in [-0.4, -0.2) is 36.1 Å². The zero-order chi connectivity index (χ0) is 24.6. The third kappa shape index (κ3) is 7.10. The molecule has 4 rings (SSSR count). The Hall–Kier alpha value is -3.30. The van der Waals surface area contributed by atoms with Gasteiger partial charge < -0.3 is 25.4 Å². The third-order valence-electron chi connectivity index (χ3n) is 5.69. The van der Waals surface area contributed by atoms with Crippen LogP contribution >= 0.6 is 22.9 Å². The van der Waals surface area contributed by atoms with Crippen molar-refractivity contribution in [2.75, 3.05) is 12.4 Å². The summed E-state index contributed by atoms with van der Waals surface area (Å²) in [4.78, 5) is 29.9. The monoisotopic (exact) mass is 514 g/mol. The quantitative estimate of drug-likeness (QED) is 0.381. The fourth-order valence-corrected chi connectivity index (χ4v) is 4.72. The van der Waals surface area contributed by atoms with Crippen molar-refractivity contribution in [1.29, 1.82) is 0 Å². The van der Waals surface area contributed by atoms with E-state index in [0.717, 1.165) is 25.7 Å². The molecule has 0 aliphatic heterocycles. The maximum Gasteiger partial charge on any atom is 0.319 e. The molecule has 2 atom stereocenters. The number of amides is 3. The standard InChI is InChI=1S/C25H27ClN4O4S/c1-33-19-6-4-5-17(13-19)27-25(32)30-21-8-3-2-7-20(21)29-24(31)22-15-35-23(28-22)14-34-18-11-9-16(26)10-12-18/h4-6,9-13,15,20-21H,2-3,7-8,14H2,1H3,(H,29,31)(H2,27,30,32)/t20-,21-/m0/s1. The Bertz CT molecular complexity index is 1150. The molecule has 0 radical (unpaired) electrons. The Morgan fingerprint density at radius 2 is 1.80 bits per heavy atom. The fraction of sp³-hybridized carbons (Fsp3) is 0.320. The third-order valence-corrected chi connectivity index (χ3v) is 6.76. The molecule has 1 fully saturated rings. The van der Waals surface area contributed by atoms with Gasteiger partial charge in [-0.2, -0.15) is 0 Å². The van der Waals surface area contributed by atoms with Gasteiger partial charge in [0.25, 0.3) is 5.91 Å². The number of anilines is 1. The molecule has 35 heavy (non-hydrogen) atoms. The Balaban J connectivity index is 1.30. The SMILES string of the molecule is COc1cccc(NC(=O)N[C@H]2CCCC[C@@H]2NC(=O)c2csc(COc3ccc(Cl)cc3)n2)c1. The van der Waals surface area contributed by atoms with E-state index in [-0.39, 0.29) is 30.6 Å². The highest BCUT2D eigenvalue weighted by Gasteiger charge is 2.28. The summed E-state index contributed by atoms with van der Waals surface area (Å²) in [6.45, 7) is 0.262. The minimum absolute atomic E-state index is 0.176. The number of thiazole rings is 1. The molecule has 1 heterocycles. The van der Waals surface area contributed by atoms with E-state index in [4.69, 9.17) is 21.1 Å². The number of benzene rings is 2. The van der Waals surface area contributed by atoms with E-state index >= 15 is 0 Å². The number of ether oxygens (including phenoxy) is 2. The summed E-state index contributed by atoms with van der Waals surface area (Å²) in [6, 6.07) is 13.5. The molecule has 1 saturated carbocycles. The molecule has 3 N–H and O–H groups in total. The largest absolute Gasteiger partial charge is 0.497 e. The topological polar surface area (TPSA) is 102 Å². The fourth-order valence-electron chi connectivity index (χ4n) is 3.91. The van der Waals surface area contributed by atoms with Gasteiger partial charge in [0, 0.05) is 28.2 Å². The zero-order valence-electron chi connectivity index (χ0n) is 19.3. The molecule has 8 nitrogen and oxygen atoms in total. The van der Waals surface area contributed by atoms with E-state index in [2.05, 4.69) is 20.9 Å². The van der Waals surface area contributed by atoms with Crippen molar-refractivity contribution in [2.24, 2.45) is 0 Å². The van der Waals surface area contributed by atoms with Gasteiger partial charge in [0.1, 0.15) is 28.8 Å². The van der Waals surface area contributed by atoms with Crippen molar-refractivity contribution in [3.05, 3.63) is 69.6 Å². The van der Waals surface area contributed by atoms with Crippen LogP contribution in [0.2, 0.25) is 5.02 Å².